The van der Waals surface area contributed by atoms with Crippen LogP contribution in [0.4, 0.5) is 0 Å². The monoisotopic (exact) mass is 749 g/mol. The minimum atomic E-state index is 0.686. The van der Waals surface area contributed by atoms with Crippen LogP contribution in [0.5, 0.6) is 0 Å². The topological polar surface area (TPSA) is 38.7 Å². The summed E-state index contributed by atoms with van der Waals surface area (Å²) in [6.45, 7) is 0. The van der Waals surface area contributed by atoms with Crippen molar-refractivity contribution in [1.82, 2.24) is 15.0 Å². The Hall–Kier alpha value is -6.79. The summed E-state index contributed by atoms with van der Waals surface area (Å²) >= 11 is 3.70. The zero-order valence-electron chi connectivity index (χ0n) is 30.1. The molecule has 0 unspecified atom stereocenters. The maximum absolute atomic E-state index is 5.36. The summed E-state index contributed by atoms with van der Waals surface area (Å²) in [5, 5.41) is 5.12. The number of pyridine rings is 1. The summed E-state index contributed by atoms with van der Waals surface area (Å²) in [5.41, 5.74) is 11.7. The first-order valence-corrected chi connectivity index (χ1v) is 20.3. The fourth-order valence-corrected chi connectivity index (χ4v) is 10.2. The molecule has 0 spiro atoms. The smallest absolute Gasteiger partial charge is 0.160 e. The Bertz CT molecular complexity index is 3110. The third-order valence-electron chi connectivity index (χ3n) is 10.6. The van der Waals surface area contributed by atoms with E-state index in [1.807, 2.05) is 41.0 Å². The van der Waals surface area contributed by atoms with E-state index in [1.165, 1.54) is 51.5 Å². The summed E-state index contributed by atoms with van der Waals surface area (Å²) in [5.74, 6) is 0.686. The normalized spacial score (nSPS) is 11.6. The molecule has 0 fully saturated rings. The van der Waals surface area contributed by atoms with Gasteiger partial charge in [-0.3, -0.25) is 4.98 Å². The van der Waals surface area contributed by atoms with E-state index in [9.17, 15) is 0 Å². The van der Waals surface area contributed by atoms with E-state index in [0.29, 0.717) is 5.82 Å². The Morgan fingerprint density at radius 3 is 1.43 bits per heavy atom. The van der Waals surface area contributed by atoms with Gasteiger partial charge in [0.25, 0.3) is 0 Å². The Morgan fingerprint density at radius 1 is 0.339 bits per heavy atom. The molecule has 0 amide bonds. The van der Waals surface area contributed by atoms with E-state index in [2.05, 4.69) is 169 Å². The summed E-state index contributed by atoms with van der Waals surface area (Å²) < 4.78 is 5.14. The molecule has 11 aromatic rings. The first kappa shape index (κ1) is 32.6. The van der Waals surface area contributed by atoms with Gasteiger partial charge in [-0.15, -0.1) is 22.7 Å². The van der Waals surface area contributed by atoms with Gasteiger partial charge < -0.3 is 0 Å². The lowest BCUT2D eigenvalue weighted by molar-refractivity contribution is 1.18. The highest BCUT2D eigenvalue weighted by Gasteiger charge is 2.18. The lowest BCUT2D eigenvalue weighted by Gasteiger charge is -2.14. The van der Waals surface area contributed by atoms with Crippen molar-refractivity contribution in [3.8, 4) is 67.3 Å². The van der Waals surface area contributed by atoms with Crippen molar-refractivity contribution in [2.24, 2.45) is 0 Å². The van der Waals surface area contributed by atoms with E-state index < -0.39 is 0 Å². The van der Waals surface area contributed by atoms with Crippen LogP contribution < -0.4 is 0 Å². The average Bonchev–Trinajstić information content (AvgIpc) is 3.86. The molecule has 0 N–H and O–H groups in total. The van der Waals surface area contributed by atoms with Crippen molar-refractivity contribution in [3.05, 3.63) is 188 Å². The van der Waals surface area contributed by atoms with Crippen LogP contribution in [0.15, 0.2) is 188 Å². The molecule has 262 valence electrons. The quantitative estimate of drug-likeness (QED) is 0.170. The lowest BCUT2D eigenvalue weighted by Crippen LogP contribution is -1.97. The lowest BCUT2D eigenvalue weighted by atomic mass is 9.92. The number of benzene rings is 7. The van der Waals surface area contributed by atoms with Crippen LogP contribution in [0.2, 0.25) is 0 Å². The van der Waals surface area contributed by atoms with Gasteiger partial charge in [0, 0.05) is 69.4 Å². The van der Waals surface area contributed by atoms with Crippen LogP contribution in [0.3, 0.4) is 0 Å². The Balaban J connectivity index is 1.16. The molecule has 3 nitrogen and oxygen atoms in total. The van der Waals surface area contributed by atoms with Crippen LogP contribution in [0.25, 0.3) is 108 Å². The van der Waals surface area contributed by atoms with Gasteiger partial charge >= 0.3 is 0 Å². The first-order valence-electron chi connectivity index (χ1n) is 18.7. The fraction of sp³-hybridized carbons (Fsp3) is 0. The molecule has 0 aliphatic heterocycles. The van der Waals surface area contributed by atoms with Crippen LogP contribution in [-0.2, 0) is 0 Å². The van der Waals surface area contributed by atoms with Crippen LogP contribution in [0.1, 0.15) is 0 Å². The third kappa shape index (κ3) is 5.68. The van der Waals surface area contributed by atoms with E-state index in [-0.39, 0.29) is 0 Å². The third-order valence-corrected chi connectivity index (χ3v) is 12.9. The number of rotatable bonds is 6. The average molecular weight is 750 g/mol. The van der Waals surface area contributed by atoms with Gasteiger partial charge in [-0.2, -0.15) is 0 Å². The van der Waals surface area contributed by atoms with Crippen molar-refractivity contribution in [1.29, 1.82) is 0 Å². The Labute approximate surface area is 331 Å². The molecule has 0 atom stereocenters. The summed E-state index contributed by atoms with van der Waals surface area (Å²) in [4.78, 5) is 15.0. The van der Waals surface area contributed by atoms with E-state index in [1.54, 1.807) is 6.20 Å². The maximum Gasteiger partial charge on any atom is 0.160 e. The molecule has 4 heterocycles. The molecule has 4 aromatic heterocycles. The van der Waals surface area contributed by atoms with E-state index in [0.717, 1.165) is 50.3 Å². The van der Waals surface area contributed by atoms with Gasteiger partial charge in [0.15, 0.2) is 5.82 Å². The second-order valence-electron chi connectivity index (χ2n) is 14.0. The van der Waals surface area contributed by atoms with Gasteiger partial charge in [-0.1, -0.05) is 121 Å². The van der Waals surface area contributed by atoms with E-state index in [4.69, 9.17) is 9.97 Å². The Morgan fingerprint density at radius 2 is 0.839 bits per heavy atom. The number of nitrogens with zero attached hydrogens (tertiary/aromatic N) is 3. The number of aromatic nitrogens is 3. The molecule has 0 saturated heterocycles. The second kappa shape index (κ2) is 13.5. The zero-order chi connectivity index (χ0) is 37.0. The molecular formula is C51H31N3S2. The minimum Gasteiger partial charge on any atom is -0.264 e. The highest BCUT2D eigenvalue weighted by molar-refractivity contribution is 7.26. The van der Waals surface area contributed by atoms with Gasteiger partial charge in [0.05, 0.1) is 11.4 Å². The highest BCUT2D eigenvalue weighted by atomic mass is 32.1. The van der Waals surface area contributed by atoms with Crippen molar-refractivity contribution in [3.63, 3.8) is 0 Å². The molecule has 0 saturated carbocycles. The predicted molar refractivity (Wildman–Crippen MR) is 238 cm³/mol. The van der Waals surface area contributed by atoms with Gasteiger partial charge in [0.1, 0.15) is 0 Å². The van der Waals surface area contributed by atoms with Gasteiger partial charge in [-0.05, 0) is 88.0 Å². The molecule has 0 aliphatic carbocycles. The predicted octanol–water partition coefficient (Wildman–Crippen LogP) is 14.6. The van der Waals surface area contributed by atoms with Crippen molar-refractivity contribution in [2.75, 3.05) is 0 Å². The summed E-state index contributed by atoms with van der Waals surface area (Å²) in [6.07, 6.45) is 3.70. The highest BCUT2D eigenvalue weighted by Crippen LogP contribution is 2.45. The van der Waals surface area contributed by atoms with Gasteiger partial charge in [-0.25, -0.2) is 9.97 Å². The summed E-state index contributed by atoms with van der Waals surface area (Å²) in [7, 11) is 0. The number of fused-ring (bicyclic) bond motifs is 6. The van der Waals surface area contributed by atoms with Gasteiger partial charge in [0.2, 0.25) is 0 Å². The van der Waals surface area contributed by atoms with E-state index >= 15 is 0 Å². The summed E-state index contributed by atoms with van der Waals surface area (Å²) in [6, 6.07) is 63.0. The molecule has 0 radical (unpaired) electrons. The SMILES string of the molecule is c1ccc(-c2cc(-c3ccc(-c4cccnc4)cc3)nc(-c3cc(-c4cccc5sc6ccccc6c45)cc(-c4cccc5sc6ccccc6c45)c3)n2)cc1. The Kier molecular flexibility index (Phi) is 7.87. The maximum atomic E-state index is 5.36. The zero-order valence-corrected chi connectivity index (χ0v) is 31.7. The number of thiophene rings is 2. The molecule has 5 heteroatoms. The number of hydrogen-bond acceptors (Lipinski definition) is 5. The molecule has 56 heavy (non-hydrogen) atoms. The van der Waals surface area contributed by atoms with Crippen molar-refractivity contribution in [2.45, 2.75) is 0 Å². The minimum absolute atomic E-state index is 0.686. The molecule has 7 aromatic carbocycles. The first-order chi connectivity index (χ1) is 27.7. The second-order valence-corrected chi connectivity index (χ2v) is 16.2. The van der Waals surface area contributed by atoms with Crippen LogP contribution >= 0.6 is 22.7 Å². The van der Waals surface area contributed by atoms with Crippen LogP contribution in [-0.4, -0.2) is 15.0 Å². The molecule has 11 rings (SSSR count). The number of hydrogen-bond donors (Lipinski definition) is 0. The van der Waals surface area contributed by atoms with Crippen molar-refractivity contribution >= 4 is 63.0 Å². The molecule has 0 bridgehead atoms. The molecular weight excluding hydrogens is 719 g/mol. The van der Waals surface area contributed by atoms with Crippen LogP contribution in [0, 0.1) is 0 Å². The molecule has 0 aliphatic rings. The van der Waals surface area contributed by atoms with Crippen molar-refractivity contribution < 1.29 is 0 Å². The largest absolute Gasteiger partial charge is 0.264 e. The standard InChI is InChI=1S/C51H31N3S2/c1-2-11-33(12-3-1)43-30-44(34-24-22-32(23-25-34)35-13-10-26-52-31-35)54-51(53-43)38-28-36(39-16-8-20-47-49(39)41-14-4-6-18-45(41)55-47)27-37(29-38)40-17-9-21-48-50(40)42-15-5-7-19-46(42)56-48/h1-31H. The fourth-order valence-electron chi connectivity index (χ4n) is 7.95.